The van der Waals surface area contributed by atoms with Crippen LogP contribution in [0.2, 0.25) is 0 Å². The van der Waals surface area contributed by atoms with Gasteiger partial charge < -0.3 is 14.5 Å². The van der Waals surface area contributed by atoms with E-state index in [-0.39, 0.29) is 12.1 Å². The molecule has 200 valence electrons. The lowest BCUT2D eigenvalue weighted by molar-refractivity contribution is -0.149. The van der Waals surface area contributed by atoms with Crippen LogP contribution in [-0.2, 0) is 4.74 Å². The third kappa shape index (κ3) is 5.91. The van der Waals surface area contributed by atoms with Crippen molar-refractivity contribution in [1.82, 2.24) is 19.2 Å². The van der Waals surface area contributed by atoms with Gasteiger partial charge in [0.2, 0.25) is 0 Å². The summed E-state index contributed by atoms with van der Waals surface area (Å²) in [4.78, 5) is 21.2. The fraction of sp³-hybridized carbons (Fsp3) is 0.481. The van der Waals surface area contributed by atoms with Crippen molar-refractivity contribution in [3.8, 4) is 11.1 Å². The van der Waals surface area contributed by atoms with E-state index in [1.165, 1.54) is 4.90 Å². The number of rotatable bonds is 7. The molecule has 1 fully saturated rings. The molecule has 0 aromatic carbocycles. The van der Waals surface area contributed by atoms with Gasteiger partial charge in [-0.15, -0.1) is 0 Å². The number of hydrogen-bond acceptors (Lipinski definition) is 6. The number of ether oxygens (including phenoxy) is 1. The van der Waals surface area contributed by atoms with Gasteiger partial charge in [0.25, 0.3) is 0 Å². The number of anilines is 1. The van der Waals surface area contributed by atoms with E-state index in [4.69, 9.17) is 4.74 Å². The van der Waals surface area contributed by atoms with E-state index in [2.05, 4.69) is 19.6 Å². The monoisotopic (exact) mass is 517 g/mol. The van der Waals surface area contributed by atoms with Crippen LogP contribution in [-0.4, -0.2) is 77.2 Å². The smallest absolute Gasteiger partial charge is 0.401 e. The fourth-order valence-corrected chi connectivity index (χ4v) is 5.05. The molecule has 1 unspecified atom stereocenters. The summed E-state index contributed by atoms with van der Waals surface area (Å²) in [6.45, 7) is 8.36. The SMILES string of the molecule is CNc1ccc(-c2ccn3c(C(C)N4CCN(CC(F)(F)F)CC4)c(C)c(C(=O)OC(C)C)cc23)cn1. The first-order valence-electron chi connectivity index (χ1n) is 12.5. The second kappa shape index (κ2) is 10.7. The number of carbonyl (C=O) groups is 1. The molecule has 37 heavy (non-hydrogen) atoms. The van der Waals surface area contributed by atoms with Gasteiger partial charge in [0, 0.05) is 68.5 Å². The van der Waals surface area contributed by atoms with Gasteiger partial charge in [-0.2, -0.15) is 13.2 Å². The lowest BCUT2D eigenvalue weighted by Gasteiger charge is -2.39. The number of pyridine rings is 2. The van der Waals surface area contributed by atoms with Crippen LogP contribution in [0.3, 0.4) is 0 Å². The Morgan fingerprint density at radius 3 is 2.41 bits per heavy atom. The summed E-state index contributed by atoms with van der Waals surface area (Å²) in [5.74, 6) is 0.359. The minimum absolute atomic E-state index is 0.132. The minimum Gasteiger partial charge on any atom is -0.459 e. The highest BCUT2D eigenvalue weighted by Gasteiger charge is 2.34. The molecule has 1 aliphatic rings. The van der Waals surface area contributed by atoms with Crippen molar-refractivity contribution in [1.29, 1.82) is 0 Å². The van der Waals surface area contributed by atoms with Crippen LogP contribution in [0.5, 0.6) is 0 Å². The van der Waals surface area contributed by atoms with Crippen molar-refractivity contribution in [2.24, 2.45) is 0 Å². The van der Waals surface area contributed by atoms with Crippen LogP contribution < -0.4 is 5.32 Å². The molecule has 0 bridgehead atoms. The Hall–Kier alpha value is -3.11. The van der Waals surface area contributed by atoms with Gasteiger partial charge in [-0.25, -0.2) is 9.78 Å². The molecule has 0 saturated carbocycles. The molecule has 4 rings (SSSR count). The fourth-order valence-electron chi connectivity index (χ4n) is 5.05. The summed E-state index contributed by atoms with van der Waals surface area (Å²) >= 11 is 0. The van der Waals surface area contributed by atoms with Crippen molar-refractivity contribution in [2.45, 2.75) is 46.0 Å². The van der Waals surface area contributed by atoms with Gasteiger partial charge in [0.1, 0.15) is 5.82 Å². The summed E-state index contributed by atoms with van der Waals surface area (Å²) in [6, 6.07) is 7.60. The maximum absolute atomic E-state index is 13.1. The molecular formula is C27H34F3N5O2. The van der Waals surface area contributed by atoms with Gasteiger partial charge in [-0.1, -0.05) is 0 Å². The number of nitrogens with one attached hydrogen (secondary N) is 1. The largest absolute Gasteiger partial charge is 0.459 e. The number of alkyl halides is 3. The zero-order chi connectivity index (χ0) is 26.9. The number of hydrogen-bond donors (Lipinski definition) is 1. The maximum atomic E-state index is 13.1. The second-order valence-electron chi connectivity index (χ2n) is 9.79. The number of nitrogens with zero attached hydrogens (tertiary/aromatic N) is 4. The summed E-state index contributed by atoms with van der Waals surface area (Å²) < 4.78 is 46.3. The number of carbonyl (C=O) groups excluding carboxylic acids is 1. The van der Waals surface area contributed by atoms with Crippen LogP contribution in [0.1, 0.15) is 48.4 Å². The van der Waals surface area contributed by atoms with Crippen molar-refractivity contribution < 1.29 is 22.7 Å². The average Bonchev–Trinajstić information content (AvgIpc) is 3.25. The first-order chi connectivity index (χ1) is 17.5. The Labute approximate surface area is 215 Å². The van der Waals surface area contributed by atoms with E-state index in [0.717, 1.165) is 33.7 Å². The third-order valence-electron chi connectivity index (χ3n) is 6.90. The Morgan fingerprint density at radius 2 is 1.84 bits per heavy atom. The van der Waals surface area contributed by atoms with Gasteiger partial charge in [0.05, 0.1) is 23.7 Å². The number of halogens is 3. The topological polar surface area (TPSA) is 62.1 Å². The quantitative estimate of drug-likeness (QED) is 0.437. The second-order valence-corrected chi connectivity index (χ2v) is 9.79. The highest BCUT2D eigenvalue weighted by molar-refractivity contribution is 5.95. The molecule has 0 spiro atoms. The molecule has 4 heterocycles. The molecule has 3 aromatic heterocycles. The molecule has 1 aliphatic heterocycles. The Bertz CT molecular complexity index is 1250. The predicted octanol–water partition coefficient (Wildman–Crippen LogP) is 5.16. The van der Waals surface area contributed by atoms with E-state index < -0.39 is 18.7 Å². The van der Waals surface area contributed by atoms with Gasteiger partial charge in [0.15, 0.2) is 0 Å². The molecule has 1 atom stereocenters. The lowest BCUT2D eigenvalue weighted by atomic mass is 9.99. The summed E-state index contributed by atoms with van der Waals surface area (Å²) in [5.41, 5.74) is 4.89. The normalized spacial score (nSPS) is 16.4. The molecule has 0 aliphatic carbocycles. The number of fused-ring (bicyclic) bond motifs is 1. The molecule has 7 nitrogen and oxygen atoms in total. The molecule has 10 heteroatoms. The molecule has 1 saturated heterocycles. The number of esters is 1. The highest BCUT2D eigenvalue weighted by atomic mass is 19.4. The van der Waals surface area contributed by atoms with Crippen LogP contribution in [0.4, 0.5) is 19.0 Å². The first-order valence-corrected chi connectivity index (χ1v) is 12.5. The van der Waals surface area contributed by atoms with E-state index in [9.17, 15) is 18.0 Å². The Morgan fingerprint density at radius 1 is 1.14 bits per heavy atom. The lowest BCUT2D eigenvalue weighted by Crippen LogP contribution is -2.49. The Kier molecular flexibility index (Phi) is 7.80. The molecular weight excluding hydrogens is 483 g/mol. The summed E-state index contributed by atoms with van der Waals surface area (Å²) in [5, 5.41) is 3.01. The van der Waals surface area contributed by atoms with Crippen molar-refractivity contribution in [3.63, 3.8) is 0 Å². The molecule has 1 N–H and O–H groups in total. The van der Waals surface area contributed by atoms with E-state index in [1.54, 1.807) is 6.20 Å². The highest BCUT2D eigenvalue weighted by Crippen LogP contribution is 2.34. The zero-order valence-electron chi connectivity index (χ0n) is 21.9. The van der Waals surface area contributed by atoms with Crippen LogP contribution in [0.15, 0.2) is 36.7 Å². The molecule has 0 amide bonds. The van der Waals surface area contributed by atoms with Crippen molar-refractivity contribution in [3.05, 3.63) is 53.5 Å². The molecule has 3 aromatic rings. The Balaban J connectivity index is 1.75. The van der Waals surface area contributed by atoms with Gasteiger partial charge in [-0.05, 0) is 57.5 Å². The summed E-state index contributed by atoms with van der Waals surface area (Å²) in [7, 11) is 1.81. The van der Waals surface area contributed by atoms with Crippen LogP contribution in [0.25, 0.3) is 16.6 Å². The van der Waals surface area contributed by atoms with Gasteiger partial charge >= 0.3 is 12.1 Å². The number of aromatic nitrogens is 2. The van der Waals surface area contributed by atoms with E-state index in [1.807, 2.05) is 65.2 Å². The van der Waals surface area contributed by atoms with E-state index in [0.29, 0.717) is 31.7 Å². The third-order valence-corrected chi connectivity index (χ3v) is 6.90. The average molecular weight is 518 g/mol. The van der Waals surface area contributed by atoms with Crippen LogP contribution in [0, 0.1) is 6.92 Å². The molecule has 0 radical (unpaired) electrons. The minimum atomic E-state index is -4.20. The van der Waals surface area contributed by atoms with Crippen molar-refractivity contribution >= 4 is 17.3 Å². The zero-order valence-corrected chi connectivity index (χ0v) is 21.9. The van der Waals surface area contributed by atoms with Gasteiger partial charge in [-0.3, -0.25) is 9.80 Å². The van der Waals surface area contributed by atoms with Crippen molar-refractivity contribution in [2.75, 3.05) is 45.1 Å². The summed E-state index contributed by atoms with van der Waals surface area (Å²) in [6.07, 6.45) is -0.706. The predicted molar refractivity (Wildman–Crippen MR) is 138 cm³/mol. The van der Waals surface area contributed by atoms with Crippen LogP contribution >= 0.6 is 0 Å². The number of piperazine rings is 1. The first kappa shape index (κ1) is 26.9. The van der Waals surface area contributed by atoms with E-state index >= 15 is 0 Å². The maximum Gasteiger partial charge on any atom is 0.401 e. The standard InChI is InChI=1S/C27H34F3N5O2/c1-17(2)37-26(36)22-14-23-21(20-6-7-24(31-5)32-15-20)8-9-35(23)25(18(22)3)19(4)34-12-10-33(11-13-34)16-27(28,29)30/h6-9,14-15,17,19H,10-13,16H2,1-5H3,(H,31,32).